The van der Waals surface area contributed by atoms with Crippen LogP contribution in [0.5, 0.6) is 5.75 Å². The molecule has 1 aromatic rings. The fraction of sp³-hybridized carbons (Fsp3) is 0.250. The molecule has 1 aliphatic heterocycles. The van der Waals surface area contributed by atoms with Crippen molar-refractivity contribution in [1.29, 1.82) is 0 Å². The van der Waals surface area contributed by atoms with Gasteiger partial charge in [-0.3, -0.25) is 4.79 Å². The summed E-state index contributed by atoms with van der Waals surface area (Å²) in [5.41, 5.74) is 0.906. The van der Waals surface area contributed by atoms with Crippen LogP contribution in [-0.4, -0.2) is 13.1 Å². The third-order valence-corrected chi connectivity index (χ3v) is 2.28. The number of cyclic esters (lactones) is 1. The third kappa shape index (κ3) is 2.18. The molecule has 0 amide bonds. The molecule has 0 fully saturated rings. The highest BCUT2D eigenvalue weighted by atomic mass is 16.5. The van der Waals surface area contributed by atoms with Crippen molar-refractivity contribution in [3.63, 3.8) is 0 Å². The average Bonchev–Trinajstić information content (AvgIpc) is 2.29. The Morgan fingerprint density at radius 2 is 2.00 bits per heavy atom. The van der Waals surface area contributed by atoms with Gasteiger partial charge in [0.2, 0.25) is 0 Å². The van der Waals surface area contributed by atoms with Crippen molar-refractivity contribution in [2.45, 2.75) is 12.8 Å². The van der Waals surface area contributed by atoms with Crippen LogP contribution in [0.15, 0.2) is 30.3 Å². The molecule has 3 nitrogen and oxygen atoms in total. The number of benzene rings is 1. The van der Waals surface area contributed by atoms with Gasteiger partial charge in [0.25, 0.3) is 0 Å². The van der Waals surface area contributed by atoms with Crippen molar-refractivity contribution in [2.24, 2.45) is 0 Å². The summed E-state index contributed by atoms with van der Waals surface area (Å²) in [6.07, 6.45) is 3.16. The van der Waals surface area contributed by atoms with E-state index >= 15 is 0 Å². The third-order valence-electron chi connectivity index (χ3n) is 2.28. The van der Waals surface area contributed by atoms with Crippen LogP contribution in [0.25, 0.3) is 5.76 Å². The minimum Gasteiger partial charge on any atom is -0.497 e. The monoisotopic (exact) mass is 204 g/mol. The Labute approximate surface area is 88.3 Å². The number of hydrogen-bond acceptors (Lipinski definition) is 3. The maximum absolute atomic E-state index is 11.1. The Morgan fingerprint density at radius 1 is 1.27 bits per heavy atom. The van der Waals surface area contributed by atoms with Crippen LogP contribution >= 0.6 is 0 Å². The van der Waals surface area contributed by atoms with Gasteiger partial charge < -0.3 is 9.47 Å². The molecule has 0 aliphatic carbocycles. The van der Waals surface area contributed by atoms with Crippen LogP contribution in [0.4, 0.5) is 0 Å². The predicted molar refractivity (Wildman–Crippen MR) is 56.3 cm³/mol. The molecule has 0 spiro atoms. The van der Waals surface area contributed by atoms with Crippen molar-refractivity contribution in [3.8, 4) is 5.75 Å². The van der Waals surface area contributed by atoms with E-state index in [2.05, 4.69) is 0 Å². The average molecular weight is 204 g/mol. The summed E-state index contributed by atoms with van der Waals surface area (Å²) in [4.78, 5) is 11.1. The second-order valence-electron chi connectivity index (χ2n) is 3.31. The summed E-state index contributed by atoms with van der Waals surface area (Å²) in [5, 5.41) is 0. The number of rotatable bonds is 2. The molecular weight excluding hydrogens is 192 g/mol. The lowest BCUT2D eigenvalue weighted by atomic mass is 10.1. The number of allylic oxidation sites excluding steroid dienone is 1. The van der Waals surface area contributed by atoms with Gasteiger partial charge in [0.15, 0.2) is 0 Å². The Balaban J connectivity index is 2.22. The van der Waals surface area contributed by atoms with E-state index in [9.17, 15) is 4.79 Å². The topological polar surface area (TPSA) is 35.5 Å². The maximum atomic E-state index is 11.1. The molecule has 0 saturated heterocycles. The molecule has 0 radical (unpaired) electrons. The second kappa shape index (κ2) is 4.17. The van der Waals surface area contributed by atoms with Gasteiger partial charge in [0, 0.05) is 12.0 Å². The van der Waals surface area contributed by atoms with Crippen LogP contribution in [0.3, 0.4) is 0 Å². The predicted octanol–water partition coefficient (Wildman–Crippen LogP) is 2.37. The molecule has 78 valence electrons. The van der Waals surface area contributed by atoms with E-state index in [4.69, 9.17) is 9.47 Å². The molecule has 0 unspecified atom stereocenters. The lowest BCUT2D eigenvalue weighted by molar-refractivity contribution is -0.137. The zero-order valence-corrected chi connectivity index (χ0v) is 8.53. The lowest BCUT2D eigenvalue weighted by Gasteiger charge is -2.13. The molecular formula is C12H12O3. The Bertz CT molecular complexity index is 390. The molecule has 1 heterocycles. The molecule has 0 saturated carbocycles. The lowest BCUT2D eigenvalue weighted by Crippen LogP contribution is -2.07. The Morgan fingerprint density at radius 3 is 2.60 bits per heavy atom. The SMILES string of the molecule is COc1ccc(C2=CCCC(=O)O2)cc1. The van der Waals surface area contributed by atoms with E-state index in [0.29, 0.717) is 12.2 Å². The van der Waals surface area contributed by atoms with Crippen molar-refractivity contribution >= 4 is 11.7 Å². The van der Waals surface area contributed by atoms with Crippen LogP contribution in [0.2, 0.25) is 0 Å². The summed E-state index contributed by atoms with van der Waals surface area (Å²) in [6, 6.07) is 7.45. The van der Waals surface area contributed by atoms with Gasteiger partial charge in [-0.1, -0.05) is 0 Å². The van der Waals surface area contributed by atoms with E-state index in [1.165, 1.54) is 0 Å². The van der Waals surface area contributed by atoms with Crippen molar-refractivity contribution in [2.75, 3.05) is 7.11 Å². The maximum Gasteiger partial charge on any atom is 0.311 e. The van der Waals surface area contributed by atoms with Crippen LogP contribution < -0.4 is 4.74 Å². The Hall–Kier alpha value is -1.77. The second-order valence-corrected chi connectivity index (χ2v) is 3.31. The van der Waals surface area contributed by atoms with Crippen LogP contribution in [0, 0.1) is 0 Å². The van der Waals surface area contributed by atoms with E-state index in [1.54, 1.807) is 7.11 Å². The van der Waals surface area contributed by atoms with Gasteiger partial charge in [-0.05, 0) is 36.8 Å². The first-order chi connectivity index (χ1) is 7.29. The number of methoxy groups -OCH3 is 1. The summed E-state index contributed by atoms with van der Waals surface area (Å²) in [5.74, 6) is 1.28. The fourth-order valence-electron chi connectivity index (χ4n) is 1.47. The molecule has 0 bridgehead atoms. The molecule has 1 aromatic carbocycles. The van der Waals surface area contributed by atoms with Gasteiger partial charge in [0.1, 0.15) is 11.5 Å². The number of hydrogen-bond donors (Lipinski definition) is 0. The molecule has 0 aromatic heterocycles. The van der Waals surface area contributed by atoms with Gasteiger partial charge >= 0.3 is 5.97 Å². The molecule has 2 rings (SSSR count). The zero-order chi connectivity index (χ0) is 10.7. The van der Waals surface area contributed by atoms with E-state index in [-0.39, 0.29) is 5.97 Å². The standard InChI is InChI=1S/C12H12O3/c1-14-10-7-5-9(6-8-10)11-3-2-4-12(13)15-11/h3,5-8H,2,4H2,1H3. The fourth-order valence-corrected chi connectivity index (χ4v) is 1.47. The van der Waals surface area contributed by atoms with Gasteiger partial charge in [-0.25, -0.2) is 0 Å². The summed E-state index contributed by atoms with van der Waals surface area (Å²) in [7, 11) is 1.62. The highest BCUT2D eigenvalue weighted by molar-refractivity contribution is 5.80. The molecule has 15 heavy (non-hydrogen) atoms. The first-order valence-electron chi connectivity index (χ1n) is 4.85. The molecule has 0 atom stereocenters. The minimum atomic E-state index is -0.164. The van der Waals surface area contributed by atoms with E-state index in [0.717, 1.165) is 17.7 Å². The smallest absolute Gasteiger partial charge is 0.311 e. The normalized spacial score (nSPS) is 15.5. The highest BCUT2D eigenvalue weighted by Crippen LogP contribution is 2.23. The molecule has 0 N–H and O–H groups in total. The summed E-state index contributed by atoms with van der Waals surface area (Å²) < 4.78 is 10.2. The van der Waals surface area contributed by atoms with Gasteiger partial charge in [0.05, 0.1) is 7.11 Å². The van der Waals surface area contributed by atoms with Crippen LogP contribution in [0.1, 0.15) is 18.4 Å². The van der Waals surface area contributed by atoms with Gasteiger partial charge in [-0.15, -0.1) is 0 Å². The van der Waals surface area contributed by atoms with Crippen LogP contribution in [-0.2, 0) is 9.53 Å². The summed E-state index contributed by atoms with van der Waals surface area (Å²) in [6.45, 7) is 0. The van der Waals surface area contributed by atoms with E-state index in [1.807, 2.05) is 30.3 Å². The number of ether oxygens (including phenoxy) is 2. The largest absolute Gasteiger partial charge is 0.497 e. The number of esters is 1. The zero-order valence-electron chi connectivity index (χ0n) is 8.53. The first kappa shape index (κ1) is 9.77. The number of carbonyl (C=O) groups excluding carboxylic acids is 1. The quantitative estimate of drug-likeness (QED) is 0.694. The Kier molecular flexibility index (Phi) is 2.72. The van der Waals surface area contributed by atoms with Crippen molar-refractivity contribution in [3.05, 3.63) is 35.9 Å². The van der Waals surface area contributed by atoms with E-state index < -0.39 is 0 Å². The molecule has 3 heteroatoms. The van der Waals surface area contributed by atoms with Crippen molar-refractivity contribution < 1.29 is 14.3 Å². The summed E-state index contributed by atoms with van der Waals surface area (Å²) >= 11 is 0. The molecule has 1 aliphatic rings. The minimum absolute atomic E-state index is 0.164. The number of carbonyl (C=O) groups is 1. The van der Waals surface area contributed by atoms with Gasteiger partial charge in [-0.2, -0.15) is 0 Å². The van der Waals surface area contributed by atoms with Crippen molar-refractivity contribution in [1.82, 2.24) is 0 Å². The highest BCUT2D eigenvalue weighted by Gasteiger charge is 2.13. The first-order valence-corrected chi connectivity index (χ1v) is 4.85.